The molecule has 0 saturated carbocycles. The molecule has 0 aliphatic heterocycles. The zero-order chi connectivity index (χ0) is 18.1. The number of aliphatic imine (C=N–C) groups is 1. The van der Waals surface area contributed by atoms with Gasteiger partial charge in [-0.3, -0.25) is 4.98 Å². The maximum atomic E-state index is 5.34. The molecule has 0 radical (unpaired) electrons. The van der Waals surface area contributed by atoms with E-state index in [2.05, 4.69) is 53.5 Å². The highest BCUT2D eigenvalue weighted by Gasteiger charge is 2.21. The van der Waals surface area contributed by atoms with Gasteiger partial charge in [-0.1, -0.05) is 32.0 Å². The third kappa shape index (κ3) is 6.82. The summed E-state index contributed by atoms with van der Waals surface area (Å²) in [5.74, 6) is 1.67. The van der Waals surface area contributed by atoms with Gasteiger partial charge >= 0.3 is 0 Å². The topological polar surface area (TPSA) is 58.5 Å². The third-order valence-corrected chi connectivity index (χ3v) is 4.02. The Morgan fingerprint density at radius 1 is 1.15 bits per heavy atom. The summed E-state index contributed by atoms with van der Waals surface area (Å²) in [6.07, 6.45) is 1.79. The van der Waals surface area contributed by atoms with Crippen LogP contribution in [0, 0.1) is 0 Å². The summed E-state index contributed by atoms with van der Waals surface area (Å²) in [4.78, 5) is 8.93. The van der Waals surface area contributed by atoms with E-state index in [1.165, 1.54) is 5.56 Å². The number of rotatable bonds is 7. The minimum atomic E-state index is -0.0598. The van der Waals surface area contributed by atoms with Crippen molar-refractivity contribution < 1.29 is 4.74 Å². The van der Waals surface area contributed by atoms with Crippen LogP contribution in [0.3, 0.4) is 0 Å². The van der Waals surface area contributed by atoms with Gasteiger partial charge in [-0.15, -0.1) is 24.0 Å². The number of pyridine rings is 1. The van der Waals surface area contributed by atoms with Gasteiger partial charge in [0.2, 0.25) is 0 Å². The molecule has 0 amide bonds. The fourth-order valence-corrected chi connectivity index (χ4v) is 2.44. The number of halogens is 1. The summed E-state index contributed by atoms with van der Waals surface area (Å²) in [5.41, 5.74) is 2.11. The molecule has 0 atom stereocenters. The summed E-state index contributed by atoms with van der Waals surface area (Å²) in [6, 6.07) is 14.1. The highest BCUT2D eigenvalue weighted by molar-refractivity contribution is 14.0. The Hall–Kier alpha value is -1.83. The van der Waals surface area contributed by atoms with E-state index in [4.69, 9.17) is 4.74 Å². The monoisotopic (exact) mass is 468 g/mol. The van der Waals surface area contributed by atoms with Gasteiger partial charge in [0.05, 0.1) is 19.3 Å². The summed E-state index contributed by atoms with van der Waals surface area (Å²) < 4.78 is 5.34. The molecule has 6 heteroatoms. The highest BCUT2D eigenvalue weighted by atomic mass is 127. The van der Waals surface area contributed by atoms with Gasteiger partial charge in [-0.25, -0.2) is 4.99 Å². The Morgan fingerprint density at radius 3 is 2.62 bits per heavy atom. The van der Waals surface area contributed by atoms with Gasteiger partial charge in [0.15, 0.2) is 5.96 Å². The van der Waals surface area contributed by atoms with Crippen LogP contribution >= 0.6 is 24.0 Å². The highest BCUT2D eigenvalue weighted by Crippen LogP contribution is 2.25. The predicted octanol–water partition coefficient (Wildman–Crippen LogP) is 3.74. The van der Waals surface area contributed by atoms with Crippen molar-refractivity contribution in [3.63, 3.8) is 0 Å². The number of aromatic nitrogens is 1. The fraction of sp³-hybridized carbons (Fsp3) is 0.400. The molecule has 0 fully saturated rings. The minimum absolute atomic E-state index is 0. The Bertz CT molecular complexity index is 689. The Labute approximate surface area is 173 Å². The fourth-order valence-electron chi connectivity index (χ4n) is 2.44. The van der Waals surface area contributed by atoms with Crippen LogP contribution in [0.15, 0.2) is 53.7 Å². The van der Waals surface area contributed by atoms with Crippen molar-refractivity contribution in [1.29, 1.82) is 0 Å². The summed E-state index contributed by atoms with van der Waals surface area (Å²) >= 11 is 0. The number of hydrogen-bond acceptors (Lipinski definition) is 3. The quantitative estimate of drug-likeness (QED) is 0.369. The van der Waals surface area contributed by atoms with Crippen molar-refractivity contribution in [3.8, 4) is 5.75 Å². The number of hydrogen-bond donors (Lipinski definition) is 2. The van der Waals surface area contributed by atoms with E-state index in [-0.39, 0.29) is 29.4 Å². The second kappa shape index (κ2) is 11.0. The Kier molecular flexibility index (Phi) is 9.40. The van der Waals surface area contributed by atoms with Crippen LogP contribution in [0.5, 0.6) is 5.75 Å². The zero-order valence-electron chi connectivity index (χ0n) is 16.0. The lowest BCUT2D eigenvalue weighted by molar-refractivity contribution is 0.411. The molecule has 0 aliphatic carbocycles. The molecule has 0 unspecified atom stereocenters. The minimum Gasteiger partial charge on any atom is -0.497 e. The number of benzene rings is 1. The normalized spacial score (nSPS) is 11.5. The van der Waals surface area contributed by atoms with Crippen molar-refractivity contribution >= 4 is 29.9 Å². The van der Waals surface area contributed by atoms with Crippen LogP contribution < -0.4 is 15.4 Å². The maximum absolute atomic E-state index is 5.34. The zero-order valence-corrected chi connectivity index (χ0v) is 18.3. The molecular weight excluding hydrogens is 439 g/mol. The first-order valence-electron chi connectivity index (χ1n) is 8.62. The van der Waals surface area contributed by atoms with E-state index in [1.807, 2.05) is 30.3 Å². The number of methoxy groups -OCH3 is 1. The van der Waals surface area contributed by atoms with Gasteiger partial charge in [0.25, 0.3) is 0 Å². The SMILES string of the molecule is CCNC(=NCc1ccccn1)NCC(C)(C)c1cccc(OC)c1.I. The van der Waals surface area contributed by atoms with Crippen molar-refractivity contribution in [2.45, 2.75) is 32.7 Å². The molecule has 2 rings (SSSR count). The lowest BCUT2D eigenvalue weighted by Gasteiger charge is -2.27. The van der Waals surface area contributed by atoms with Gasteiger partial charge in [0, 0.05) is 24.7 Å². The molecule has 26 heavy (non-hydrogen) atoms. The molecule has 2 N–H and O–H groups in total. The first kappa shape index (κ1) is 22.2. The lowest BCUT2D eigenvalue weighted by atomic mass is 9.84. The number of ether oxygens (including phenoxy) is 1. The molecule has 0 bridgehead atoms. The lowest BCUT2D eigenvalue weighted by Crippen LogP contribution is -2.43. The summed E-state index contributed by atoms with van der Waals surface area (Å²) in [6.45, 7) is 8.59. The molecule has 2 aromatic rings. The first-order chi connectivity index (χ1) is 12.0. The number of nitrogens with one attached hydrogen (secondary N) is 2. The van der Waals surface area contributed by atoms with Crippen LogP contribution in [0.2, 0.25) is 0 Å². The predicted molar refractivity (Wildman–Crippen MR) is 118 cm³/mol. The van der Waals surface area contributed by atoms with Crippen molar-refractivity contribution in [2.24, 2.45) is 4.99 Å². The van der Waals surface area contributed by atoms with Crippen molar-refractivity contribution in [3.05, 3.63) is 59.9 Å². The second-order valence-corrected chi connectivity index (χ2v) is 6.49. The van der Waals surface area contributed by atoms with E-state index in [0.717, 1.165) is 30.5 Å². The van der Waals surface area contributed by atoms with E-state index < -0.39 is 0 Å². The molecule has 1 aromatic carbocycles. The van der Waals surface area contributed by atoms with Gasteiger partial charge in [0.1, 0.15) is 5.75 Å². The largest absolute Gasteiger partial charge is 0.497 e. The molecule has 142 valence electrons. The van der Waals surface area contributed by atoms with E-state index in [1.54, 1.807) is 13.3 Å². The molecule has 1 aromatic heterocycles. The smallest absolute Gasteiger partial charge is 0.191 e. The van der Waals surface area contributed by atoms with E-state index in [0.29, 0.717) is 6.54 Å². The Morgan fingerprint density at radius 2 is 1.96 bits per heavy atom. The van der Waals surface area contributed by atoms with Crippen molar-refractivity contribution in [2.75, 3.05) is 20.2 Å². The molecule has 0 saturated heterocycles. The molecule has 5 nitrogen and oxygen atoms in total. The van der Waals surface area contributed by atoms with E-state index >= 15 is 0 Å². The van der Waals surface area contributed by atoms with Crippen LogP contribution in [0.1, 0.15) is 32.0 Å². The molecule has 1 heterocycles. The molecule has 0 aliphatic rings. The molecule has 0 spiro atoms. The number of guanidine groups is 1. The standard InChI is InChI=1S/C20H28N4O.HI/c1-5-21-19(23-14-17-10-6-7-12-22-17)24-15-20(2,3)16-9-8-11-18(13-16)25-4;/h6-13H,5,14-15H2,1-4H3,(H2,21,23,24);1H. The van der Waals surface area contributed by atoms with Crippen molar-refractivity contribution in [1.82, 2.24) is 15.6 Å². The van der Waals surface area contributed by atoms with Crippen LogP contribution in [0.4, 0.5) is 0 Å². The summed E-state index contributed by atoms with van der Waals surface area (Å²) in [7, 11) is 1.69. The van der Waals surface area contributed by atoms with E-state index in [9.17, 15) is 0 Å². The average Bonchev–Trinajstić information content (AvgIpc) is 2.65. The van der Waals surface area contributed by atoms with Gasteiger partial charge in [-0.2, -0.15) is 0 Å². The molecular formula is C20H29IN4O. The third-order valence-electron chi connectivity index (χ3n) is 4.02. The van der Waals surface area contributed by atoms with Crippen LogP contribution in [0.25, 0.3) is 0 Å². The van der Waals surface area contributed by atoms with Gasteiger partial charge < -0.3 is 15.4 Å². The second-order valence-electron chi connectivity index (χ2n) is 6.49. The first-order valence-corrected chi connectivity index (χ1v) is 8.62. The Balaban J connectivity index is 0.00000338. The van der Waals surface area contributed by atoms with Crippen LogP contribution in [-0.4, -0.2) is 31.1 Å². The van der Waals surface area contributed by atoms with Gasteiger partial charge in [-0.05, 0) is 36.8 Å². The maximum Gasteiger partial charge on any atom is 0.191 e. The average molecular weight is 468 g/mol. The van der Waals surface area contributed by atoms with Crippen LogP contribution in [-0.2, 0) is 12.0 Å². The summed E-state index contributed by atoms with van der Waals surface area (Å²) in [5, 5.41) is 6.72. The number of nitrogens with zero attached hydrogens (tertiary/aromatic N) is 2.